The van der Waals surface area contributed by atoms with Crippen LogP contribution in [0, 0.1) is 0 Å². The predicted molar refractivity (Wildman–Crippen MR) is 107 cm³/mol. The van der Waals surface area contributed by atoms with Crippen molar-refractivity contribution in [2.45, 2.75) is 32.1 Å². The molecule has 27 heavy (non-hydrogen) atoms. The molecule has 0 bridgehead atoms. The molecule has 1 aromatic carbocycles. The van der Waals surface area contributed by atoms with Crippen molar-refractivity contribution in [3.8, 4) is 10.7 Å². The fourth-order valence-corrected chi connectivity index (χ4v) is 3.94. The van der Waals surface area contributed by atoms with Gasteiger partial charge < -0.3 is 14.7 Å². The van der Waals surface area contributed by atoms with E-state index in [9.17, 15) is 4.79 Å². The summed E-state index contributed by atoms with van der Waals surface area (Å²) in [6.07, 6.45) is 4.11. The summed E-state index contributed by atoms with van der Waals surface area (Å²) in [5.74, 6) is 1.20. The quantitative estimate of drug-likeness (QED) is 0.657. The number of carbonyl (C=O) groups is 1. The highest BCUT2D eigenvalue weighted by Gasteiger charge is 2.16. The molecule has 1 aliphatic heterocycles. The Kier molecular flexibility index (Phi) is 5.48. The van der Waals surface area contributed by atoms with Crippen molar-refractivity contribution >= 4 is 28.6 Å². The summed E-state index contributed by atoms with van der Waals surface area (Å²) in [7, 11) is 0. The molecule has 1 fully saturated rings. The Hall–Kier alpha value is -2.67. The van der Waals surface area contributed by atoms with Crippen molar-refractivity contribution in [3.63, 3.8) is 0 Å². The monoisotopic (exact) mass is 382 g/mol. The van der Waals surface area contributed by atoms with E-state index in [2.05, 4.69) is 26.4 Å². The van der Waals surface area contributed by atoms with E-state index in [-0.39, 0.29) is 5.91 Å². The molecule has 6 nitrogen and oxygen atoms in total. The molecule has 0 saturated carbocycles. The first-order chi connectivity index (χ1) is 13.3. The number of anilines is 2. The van der Waals surface area contributed by atoms with E-state index < -0.39 is 0 Å². The highest BCUT2D eigenvalue weighted by molar-refractivity contribution is 7.13. The fraction of sp³-hybridized carbons (Fsp3) is 0.350. The van der Waals surface area contributed by atoms with Crippen LogP contribution in [0.5, 0.6) is 0 Å². The van der Waals surface area contributed by atoms with Crippen molar-refractivity contribution in [3.05, 3.63) is 47.7 Å². The third-order valence-electron chi connectivity index (χ3n) is 4.63. The summed E-state index contributed by atoms with van der Waals surface area (Å²) < 4.78 is 5.28. The number of benzene rings is 1. The lowest BCUT2D eigenvalue weighted by Gasteiger charge is -2.21. The van der Waals surface area contributed by atoms with Gasteiger partial charge in [0.15, 0.2) is 0 Å². The maximum atomic E-state index is 12.4. The lowest BCUT2D eigenvalue weighted by molar-refractivity contribution is -0.116. The number of rotatable bonds is 7. The van der Waals surface area contributed by atoms with Gasteiger partial charge in [-0.1, -0.05) is 23.4 Å². The molecule has 1 N–H and O–H groups in total. The highest BCUT2D eigenvalue weighted by atomic mass is 32.1. The van der Waals surface area contributed by atoms with Crippen molar-refractivity contribution in [1.82, 2.24) is 10.1 Å². The number of nitrogens with one attached hydrogen (secondary N) is 1. The Balaban J connectivity index is 1.29. The van der Waals surface area contributed by atoms with Gasteiger partial charge in [-0.05, 0) is 42.8 Å². The van der Waals surface area contributed by atoms with Crippen molar-refractivity contribution in [2.24, 2.45) is 0 Å². The number of nitrogens with zero attached hydrogens (tertiary/aromatic N) is 3. The molecule has 0 atom stereocenters. The van der Waals surface area contributed by atoms with E-state index in [1.807, 2.05) is 35.7 Å². The zero-order valence-electron chi connectivity index (χ0n) is 15.1. The van der Waals surface area contributed by atoms with Gasteiger partial charge in [-0.2, -0.15) is 4.98 Å². The molecule has 1 amide bonds. The van der Waals surface area contributed by atoms with E-state index in [1.54, 1.807) is 11.3 Å². The third-order valence-corrected chi connectivity index (χ3v) is 5.49. The van der Waals surface area contributed by atoms with E-state index in [1.165, 1.54) is 12.8 Å². The van der Waals surface area contributed by atoms with Crippen LogP contribution < -0.4 is 10.2 Å². The Morgan fingerprint density at radius 3 is 2.85 bits per heavy atom. The number of amides is 1. The van der Waals surface area contributed by atoms with Crippen LogP contribution in [-0.2, 0) is 11.2 Å². The van der Waals surface area contributed by atoms with E-state index in [0.29, 0.717) is 31.0 Å². The van der Waals surface area contributed by atoms with Gasteiger partial charge in [0, 0.05) is 25.9 Å². The number of hydrogen-bond acceptors (Lipinski definition) is 6. The second-order valence-electron chi connectivity index (χ2n) is 6.60. The first-order valence-corrected chi connectivity index (χ1v) is 10.2. The number of aromatic nitrogens is 2. The van der Waals surface area contributed by atoms with Gasteiger partial charge in [-0.15, -0.1) is 11.3 Å². The molecular formula is C20H22N4O2S. The normalized spacial score (nSPS) is 13.9. The van der Waals surface area contributed by atoms with Gasteiger partial charge in [0.2, 0.25) is 17.6 Å². The Morgan fingerprint density at radius 2 is 2.04 bits per heavy atom. The minimum atomic E-state index is 0.0136. The summed E-state index contributed by atoms with van der Waals surface area (Å²) in [4.78, 5) is 20.1. The van der Waals surface area contributed by atoms with Gasteiger partial charge in [0.1, 0.15) is 0 Å². The molecule has 0 radical (unpaired) electrons. The molecule has 2 aromatic heterocycles. The van der Waals surface area contributed by atoms with Gasteiger partial charge in [-0.3, -0.25) is 4.79 Å². The molecule has 1 saturated heterocycles. The summed E-state index contributed by atoms with van der Waals surface area (Å²) in [6.45, 7) is 2.10. The Morgan fingerprint density at radius 1 is 1.19 bits per heavy atom. The smallest absolute Gasteiger partial charge is 0.226 e. The first kappa shape index (κ1) is 17.7. The lowest BCUT2D eigenvalue weighted by Crippen LogP contribution is -2.21. The van der Waals surface area contributed by atoms with E-state index in [0.717, 1.165) is 29.3 Å². The third kappa shape index (κ3) is 4.36. The van der Waals surface area contributed by atoms with Crippen molar-refractivity contribution in [2.75, 3.05) is 23.3 Å². The Labute approximate surface area is 162 Å². The summed E-state index contributed by atoms with van der Waals surface area (Å²) in [6, 6.07) is 11.9. The zero-order chi connectivity index (χ0) is 18.5. The first-order valence-electron chi connectivity index (χ1n) is 9.30. The maximum absolute atomic E-state index is 12.4. The molecule has 1 aliphatic rings. The molecule has 140 valence electrons. The van der Waals surface area contributed by atoms with Crippen LogP contribution in [0.4, 0.5) is 11.4 Å². The highest BCUT2D eigenvalue weighted by Crippen LogP contribution is 2.28. The standard InChI is InChI=1S/C20H22N4O2S/c25-18(21-15-7-1-2-8-16(15)24-12-3-4-13-24)10-5-11-19-22-20(23-26-19)17-9-6-14-27-17/h1-2,6-9,14H,3-5,10-13H2,(H,21,25). The Bertz CT molecular complexity index is 885. The van der Waals surface area contributed by atoms with Gasteiger partial charge >= 0.3 is 0 Å². The van der Waals surface area contributed by atoms with Crippen LogP contribution in [0.1, 0.15) is 31.6 Å². The van der Waals surface area contributed by atoms with Gasteiger partial charge in [0.05, 0.1) is 16.3 Å². The molecule has 0 unspecified atom stereocenters. The number of carbonyl (C=O) groups excluding carboxylic acids is 1. The number of aryl methyl sites for hydroxylation is 1. The molecule has 0 spiro atoms. The van der Waals surface area contributed by atoms with E-state index >= 15 is 0 Å². The van der Waals surface area contributed by atoms with Crippen LogP contribution in [0.3, 0.4) is 0 Å². The van der Waals surface area contributed by atoms with Crippen LogP contribution in [0.25, 0.3) is 10.7 Å². The van der Waals surface area contributed by atoms with Crippen LogP contribution >= 0.6 is 11.3 Å². The molecule has 4 rings (SSSR count). The zero-order valence-corrected chi connectivity index (χ0v) is 15.9. The fourth-order valence-electron chi connectivity index (χ4n) is 3.29. The van der Waals surface area contributed by atoms with Gasteiger partial charge in [0.25, 0.3) is 0 Å². The molecule has 7 heteroatoms. The second kappa shape index (κ2) is 8.35. The minimum Gasteiger partial charge on any atom is -0.370 e. The second-order valence-corrected chi connectivity index (χ2v) is 7.55. The number of para-hydroxylation sites is 2. The largest absolute Gasteiger partial charge is 0.370 e. The van der Waals surface area contributed by atoms with Crippen molar-refractivity contribution in [1.29, 1.82) is 0 Å². The average molecular weight is 382 g/mol. The lowest BCUT2D eigenvalue weighted by atomic mass is 10.2. The topological polar surface area (TPSA) is 71.3 Å². The summed E-state index contributed by atoms with van der Waals surface area (Å²) >= 11 is 1.58. The average Bonchev–Trinajstić information content (AvgIpc) is 3.44. The van der Waals surface area contributed by atoms with Gasteiger partial charge in [-0.25, -0.2) is 0 Å². The molecule has 0 aliphatic carbocycles. The number of hydrogen-bond donors (Lipinski definition) is 1. The molecular weight excluding hydrogens is 360 g/mol. The summed E-state index contributed by atoms with van der Waals surface area (Å²) in [5, 5.41) is 9.04. The molecule has 3 aromatic rings. The van der Waals surface area contributed by atoms with Crippen molar-refractivity contribution < 1.29 is 9.32 Å². The van der Waals surface area contributed by atoms with Crippen LogP contribution in [-0.4, -0.2) is 29.1 Å². The molecule has 3 heterocycles. The predicted octanol–water partition coefficient (Wildman–Crippen LogP) is 4.36. The van der Waals surface area contributed by atoms with E-state index in [4.69, 9.17) is 4.52 Å². The number of thiophene rings is 1. The summed E-state index contributed by atoms with van der Waals surface area (Å²) in [5.41, 5.74) is 2.00. The maximum Gasteiger partial charge on any atom is 0.226 e. The minimum absolute atomic E-state index is 0.0136. The van der Waals surface area contributed by atoms with Crippen LogP contribution in [0.15, 0.2) is 46.3 Å². The SMILES string of the molecule is O=C(CCCc1nc(-c2cccs2)no1)Nc1ccccc1N1CCCC1. The van der Waals surface area contributed by atoms with Crippen LogP contribution in [0.2, 0.25) is 0 Å².